The van der Waals surface area contributed by atoms with Crippen molar-refractivity contribution in [2.24, 2.45) is 0 Å². The first-order chi connectivity index (χ1) is 7.83. The molecule has 16 heavy (non-hydrogen) atoms. The number of aryl methyl sites for hydroxylation is 1. The molecule has 0 bridgehead atoms. The normalized spacial score (nSPS) is 21.8. The van der Waals surface area contributed by atoms with Crippen LogP contribution in [0.4, 0.5) is 0 Å². The maximum Gasteiger partial charge on any atom is 0.240 e. The van der Waals surface area contributed by atoms with E-state index in [1.165, 1.54) is 0 Å². The van der Waals surface area contributed by atoms with Crippen molar-refractivity contribution in [2.45, 2.75) is 45.2 Å². The number of hydrogen-bond acceptors (Lipinski definition) is 5. The minimum Gasteiger partial charge on any atom is -0.395 e. The van der Waals surface area contributed by atoms with Gasteiger partial charge in [-0.1, -0.05) is 12.1 Å². The van der Waals surface area contributed by atoms with Gasteiger partial charge in [0.15, 0.2) is 5.82 Å². The summed E-state index contributed by atoms with van der Waals surface area (Å²) < 4.78 is 5.19. The number of aliphatic hydroxyl groups excluding tert-OH is 1. The molecule has 1 aliphatic heterocycles. The molecule has 1 atom stereocenters. The fraction of sp³-hybridized carbons (Fsp3) is 0.818. The number of rotatable bonds is 5. The van der Waals surface area contributed by atoms with Crippen LogP contribution in [-0.2, 0) is 13.0 Å². The molecule has 0 amide bonds. The Morgan fingerprint density at radius 3 is 3.19 bits per heavy atom. The molecule has 2 rings (SSSR count). The van der Waals surface area contributed by atoms with Crippen LogP contribution in [0.15, 0.2) is 4.52 Å². The minimum absolute atomic E-state index is 0.218. The lowest BCUT2D eigenvalue weighted by molar-refractivity contribution is 0.141. The van der Waals surface area contributed by atoms with Crippen molar-refractivity contribution in [3.63, 3.8) is 0 Å². The molecule has 90 valence electrons. The fourth-order valence-electron chi connectivity index (χ4n) is 2.16. The van der Waals surface area contributed by atoms with E-state index in [1.807, 2.05) is 0 Å². The SMILES string of the molecule is CCCc1noc(CN2CCCC2CO)n1. The Morgan fingerprint density at radius 2 is 2.44 bits per heavy atom. The molecule has 5 heteroatoms. The van der Waals surface area contributed by atoms with Crippen LogP contribution in [0.5, 0.6) is 0 Å². The first-order valence-corrected chi connectivity index (χ1v) is 6.00. The van der Waals surface area contributed by atoms with E-state index in [-0.39, 0.29) is 12.6 Å². The molecule has 1 unspecified atom stereocenters. The molecule has 1 aromatic rings. The van der Waals surface area contributed by atoms with Crippen molar-refractivity contribution in [2.75, 3.05) is 13.2 Å². The summed E-state index contributed by atoms with van der Waals surface area (Å²) in [7, 11) is 0. The third-order valence-corrected chi connectivity index (χ3v) is 3.03. The summed E-state index contributed by atoms with van der Waals surface area (Å²) in [4.78, 5) is 6.54. The largest absolute Gasteiger partial charge is 0.395 e. The average Bonchev–Trinajstić information content (AvgIpc) is 2.89. The highest BCUT2D eigenvalue weighted by Crippen LogP contribution is 2.18. The predicted octanol–water partition coefficient (Wildman–Crippen LogP) is 0.979. The lowest BCUT2D eigenvalue weighted by Gasteiger charge is -2.20. The molecule has 0 spiro atoms. The first kappa shape index (κ1) is 11.5. The highest BCUT2D eigenvalue weighted by molar-refractivity contribution is 4.89. The second-order valence-corrected chi connectivity index (χ2v) is 4.30. The van der Waals surface area contributed by atoms with Gasteiger partial charge in [0.1, 0.15) is 0 Å². The quantitative estimate of drug-likeness (QED) is 0.809. The minimum atomic E-state index is 0.218. The number of aliphatic hydroxyl groups is 1. The molecule has 0 aromatic carbocycles. The van der Waals surface area contributed by atoms with Gasteiger partial charge < -0.3 is 9.63 Å². The molecule has 2 heterocycles. The van der Waals surface area contributed by atoms with E-state index in [0.29, 0.717) is 12.4 Å². The molecule has 0 radical (unpaired) electrons. The van der Waals surface area contributed by atoms with Crippen molar-refractivity contribution in [3.8, 4) is 0 Å². The van der Waals surface area contributed by atoms with Crippen LogP contribution in [-0.4, -0.2) is 39.3 Å². The molecule has 5 nitrogen and oxygen atoms in total. The maximum absolute atomic E-state index is 9.20. The lowest BCUT2D eigenvalue weighted by atomic mass is 10.2. The van der Waals surface area contributed by atoms with Gasteiger partial charge in [-0.2, -0.15) is 4.98 Å². The van der Waals surface area contributed by atoms with Crippen molar-refractivity contribution < 1.29 is 9.63 Å². The number of nitrogens with zero attached hydrogens (tertiary/aromatic N) is 3. The molecule has 1 saturated heterocycles. The second kappa shape index (κ2) is 5.41. The molecule has 1 N–H and O–H groups in total. The summed E-state index contributed by atoms with van der Waals surface area (Å²) in [6.45, 7) is 3.99. The Morgan fingerprint density at radius 1 is 1.56 bits per heavy atom. The molecule has 1 aromatic heterocycles. The fourth-order valence-corrected chi connectivity index (χ4v) is 2.16. The molecule has 1 fully saturated rings. The Balaban J connectivity index is 1.92. The van der Waals surface area contributed by atoms with E-state index >= 15 is 0 Å². The second-order valence-electron chi connectivity index (χ2n) is 4.30. The Kier molecular flexibility index (Phi) is 3.90. The molecule has 0 saturated carbocycles. The van der Waals surface area contributed by atoms with Gasteiger partial charge >= 0.3 is 0 Å². The summed E-state index contributed by atoms with van der Waals surface area (Å²) in [6, 6.07) is 0.265. The van der Waals surface area contributed by atoms with Gasteiger partial charge in [-0.05, 0) is 25.8 Å². The highest BCUT2D eigenvalue weighted by atomic mass is 16.5. The number of hydrogen-bond donors (Lipinski definition) is 1. The Hall–Kier alpha value is -0.940. The van der Waals surface area contributed by atoms with E-state index in [4.69, 9.17) is 4.52 Å². The van der Waals surface area contributed by atoms with Crippen molar-refractivity contribution in [3.05, 3.63) is 11.7 Å². The zero-order chi connectivity index (χ0) is 11.4. The van der Waals surface area contributed by atoms with Crippen LogP contribution in [0.2, 0.25) is 0 Å². The van der Waals surface area contributed by atoms with Crippen LogP contribution in [0.25, 0.3) is 0 Å². The standard InChI is InChI=1S/C11H19N3O2/c1-2-4-10-12-11(16-13-10)7-14-6-3-5-9(14)8-15/h9,15H,2-8H2,1H3. The van der Waals surface area contributed by atoms with E-state index in [2.05, 4.69) is 22.0 Å². The third kappa shape index (κ3) is 2.59. The van der Waals surface area contributed by atoms with Crippen LogP contribution in [0, 0.1) is 0 Å². The van der Waals surface area contributed by atoms with E-state index in [9.17, 15) is 5.11 Å². The van der Waals surface area contributed by atoms with Crippen LogP contribution in [0.1, 0.15) is 37.9 Å². The van der Waals surface area contributed by atoms with Gasteiger partial charge in [-0.25, -0.2) is 0 Å². The van der Waals surface area contributed by atoms with E-state index in [1.54, 1.807) is 0 Å². The van der Waals surface area contributed by atoms with Crippen molar-refractivity contribution in [1.29, 1.82) is 0 Å². The van der Waals surface area contributed by atoms with E-state index in [0.717, 1.165) is 38.1 Å². The van der Waals surface area contributed by atoms with Crippen LogP contribution >= 0.6 is 0 Å². The monoisotopic (exact) mass is 225 g/mol. The Bertz CT molecular complexity index is 327. The van der Waals surface area contributed by atoms with Crippen molar-refractivity contribution in [1.82, 2.24) is 15.0 Å². The maximum atomic E-state index is 9.20. The van der Waals surface area contributed by atoms with Gasteiger partial charge in [0, 0.05) is 12.5 Å². The smallest absolute Gasteiger partial charge is 0.240 e. The first-order valence-electron chi connectivity index (χ1n) is 6.00. The van der Waals surface area contributed by atoms with Gasteiger partial charge in [-0.15, -0.1) is 0 Å². The molecule has 1 aliphatic rings. The highest BCUT2D eigenvalue weighted by Gasteiger charge is 2.25. The molecule has 0 aliphatic carbocycles. The van der Waals surface area contributed by atoms with Gasteiger partial charge in [0.2, 0.25) is 5.89 Å². The lowest BCUT2D eigenvalue weighted by Crippen LogP contribution is -2.31. The summed E-state index contributed by atoms with van der Waals surface area (Å²) >= 11 is 0. The number of likely N-dealkylation sites (tertiary alicyclic amines) is 1. The van der Waals surface area contributed by atoms with Gasteiger partial charge in [-0.3, -0.25) is 4.90 Å². The third-order valence-electron chi connectivity index (χ3n) is 3.03. The van der Waals surface area contributed by atoms with Crippen molar-refractivity contribution >= 4 is 0 Å². The zero-order valence-corrected chi connectivity index (χ0v) is 9.72. The van der Waals surface area contributed by atoms with Crippen LogP contribution < -0.4 is 0 Å². The summed E-state index contributed by atoms with van der Waals surface area (Å²) in [5, 5.41) is 13.1. The number of aromatic nitrogens is 2. The molecular weight excluding hydrogens is 206 g/mol. The van der Waals surface area contributed by atoms with Crippen LogP contribution in [0.3, 0.4) is 0 Å². The van der Waals surface area contributed by atoms with Gasteiger partial charge in [0.05, 0.1) is 13.2 Å². The predicted molar refractivity (Wildman–Crippen MR) is 58.8 cm³/mol. The zero-order valence-electron chi connectivity index (χ0n) is 9.72. The average molecular weight is 225 g/mol. The summed E-state index contributed by atoms with van der Waals surface area (Å²) in [5.74, 6) is 1.46. The summed E-state index contributed by atoms with van der Waals surface area (Å²) in [5.41, 5.74) is 0. The summed E-state index contributed by atoms with van der Waals surface area (Å²) in [6.07, 6.45) is 4.10. The molecular formula is C11H19N3O2. The topological polar surface area (TPSA) is 62.4 Å². The Labute approximate surface area is 95.4 Å². The van der Waals surface area contributed by atoms with E-state index < -0.39 is 0 Å². The van der Waals surface area contributed by atoms with Gasteiger partial charge in [0.25, 0.3) is 0 Å².